The number of carbonyl (C=O) groups is 1. The van der Waals surface area contributed by atoms with Crippen molar-refractivity contribution in [2.45, 2.75) is 18.9 Å². The average Bonchev–Trinajstić information content (AvgIpc) is 3.04. The molecule has 20 heavy (non-hydrogen) atoms. The second kappa shape index (κ2) is 6.29. The maximum absolute atomic E-state index is 12.6. The molecule has 0 saturated carbocycles. The number of hydrogen-bond acceptors (Lipinski definition) is 3. The van der Waals surface area contributed by atoms with Crippen molar-refractivity contribution in [1.29, 1.82) is 0 Å². The molecule has 3 rings (SSSR count). The fraction of sp³-hybridized carbons (Fsp3) is 0.400. The van der Waals surface area contributed by atoms with Crippen LogP contribution in [0.4, 0.5) is 0 Å². The summed E-state index contributed by atoms with van der Waals surface area (Å²) < 4.78 is 5.46. The summed E-state index contributed by atoms with van der Waals surface area (Å²) in [7, 11) is 1.92. The Hall–Kier alpha value is -1.52. The fourth-order valence-corrected chi connectivity index (χ4v) is 2.85. The molecule has 0 radical (unpaired) electrons. The predicted octanol–water partition coefficient (Wildman–Crippen LogP) is 2.68. The van der Waals surface area contributed by atoms with Crippen molar-refractivity contribution in [3.8, 4) is 0 Å². The first-order chi connectivity index (χ1) is 9.31. The van der Waals surface area contributed by atoms with Crippen LogP contribution in [0.15, 0.2) is 34.9 Å². The number of amides is 1. The van der Waals surface area contributed by atoms with E-state index in [9.17, 15) is 4.79 Å². The highest BCUT2D eigenvalue weighted by molar-refractivity contribution is 6.06. The van der Waals surface area contributed by atoms with Crippen LogP contribution in [0.5, 0.6) is 0 Å². The molecule has 5 heteroatoms. The van der Waals surface area contributed by atoms with Gasteiger partial charge in [-0.15, -0.1) is 12.4 Å². The van der Waals surface area contributed by atoms with Crippen LogP contribution >= 0.6 is 12.4 Å². The van der Waals surface area contributed by atoms with E-state index in [2.05, 4.69) is 5.32 Å². The number of hydrogen-bond donors (Lipinski definition) is 1. The molecule has 1 aromatic heterocycles. The van der Waals surface area contributed by atoms with Gasteiger partial charge in [0, 0.05) is 24.5 Å². The minimum absolute atomic E-state index is 0. The first-order valence-corrected chi connectivity index (χ1v) is 6.73. The quantitative estimate of drug-likeness (QED) is 0.947. The number of nitrogens with zero attached hydrogens (tertiary/aromatic N) is 1. The topological polar surface area (TPSA) is 45.5 Å². The number of halogens is 1. The summed E-state index contributed by atoms with van der Waals surface area (Å²) in [6.07, 6.45) is 3.73. The number of fused-ring (bicyclic) bond motifs is 1. The number of furan rings is 1. The largest absolute Gasteiger partial charge is 0.463 e. The zero-order chi connectivity index (χ0) is 13.2. The summed E-state index contributed by atoms with van der Waals surface area (Å²) in [5, 5.41) is 4.06. The van der Waals surface area contributed by atoms with E-state index in [4.69, 9.17) is 4.42 Å². The van der Waals surface area contributed by atoms with Gasteiger partial charge in [-0.3, -0.25) is 4.79 Å². The molecule has 1 saturated heterocycles. The van der Waals surface area contributed by atoms with Crippen molar-refractivity contribution in [2.75, 3.05) is 20.1 Å². The van der Waals surface area contributed by atoms with Crippen molar-refractivity contribution < 1.29 is 9.21 Å². The van der Waals surface area contributed by atoms with Gasteiger partial charge in [-0.1, -0.05) is 18.2 Å². The van der Waals surface area contributed by atoms with Gasteiger partial charge in [-0.05, 0) is 26.0 Å². The van der Waals surface area contributed by atoms with Crippen molar-refractivity contribution in [3.63, 3.8) is 0 Å². The maximum Gasteiger partial charge on any atom is 0.258 e. The summed E-state index contributed by atoms with van der Waals surface area (Å²) in [5.41, 5.74) is 1.45. The van der Waals surface area contributed by atoms with Crippen LogP contribution in [0.1, 0.15) is 23.2 Å². The van der Waals surface area contributed by atoms with Crippen LogP contribution in [0.25, 0.3) is 11.0 Å². The molecule has 0 bridgehead atoms. The van der Waals surface area contributed by atoms with Crippen LogP contribution in [0.3, 0.4) is 0 Å². The minimum atomic E-state index is 0. The normalized spacial score (nSPS) is 18.2. The standard InChI is InChI=1S/C15H18N2O2.ClH/c1-16-9-11-5-4-8-17(11)15(18)13-10-19-14-7-3-2-6-12(13)14;/h2-3,6-7,10-11,16H,4-5,8-9H2,1H3;1H. The highest BCUT2D eigenvalue weighted by Crippen LogP contribution is 2.25. The molecule has 0 spiro atoms. The fourth-order valence-electron chi connectivity index (χ4n) is 2.85. The molecular formula is C15H19ClN2O2. The number of nitrogens with one attached hydrogen (secondary N) is 1. The summed E-state index contributed by atoms with van der Waals surface area (Å²) in [5.74, 6) is 0.0858. The lowest BCUT2D eigenvalue weighted by atomic mass is 10.1. The van der Waals surface area contributed by atoms with Crippen molar-refractivity contribution in [2.24, 2.45) is 0 Å². The molecular weight excluding hydrogens is 276 g/mol. The summed E-state index contributed by atoms with van der Waals surface area (Å²) >= 11 is 0. The second-order valence-electron chi connectivity index (χ2n) is 5.00. The van der Waals surface area contributed by atoms with E-state index in [0.29, 0.717) is 11.6 Å². The maximum atomic E-state index is 12.6. The Morgan fingerprint density at radius 3 is 3.05 bits per heavy atom. The summed E-state index contributed by atoms with van der Waals surface area (Å²) in [4.78, 5) is 14.6. The zero-order valence-corrected chi connectivity index (χ0v) is 12.3. The third kappa shape index (κ3) is 2.53. The number of carbonyl (C=O) groups excluding carboxylic acids is 1. The van der Waals surface area contributed by atoms with Crippen LogP contribution < -0.4 is 5.32 Å². The molecule has 2 heterocycles. The third-order valence-electron chi connectivity index (χ3n) is 3.79. The summed E-state index contributed by atoms with van der Waals surface area (Å²) in [6.45, 7) is 1.69. The Morgan fingerprint density at radius 1 is 1.45 bits per heavy atom. The van der Waals surface area contributed by atoms with Crippen molar-refractivity contribution in [1.82, 2.24) is 10.2 Å². The van der Waals surface area contributed by atoms with Gasteiger partial charge in [0.05, 0.1) is 5.56 Å². The lowest BCUT2D eigenvalue weighted by Crippen LogP contribution is -2.40. The van der Waals surface area contributed by atoms with Crippen LogP contribution in [0, 0.1) is 0 Å². The Kier molecular flexibility index (Phi) is 4.68. The molecule has 0 aliphatic carbocycles. The molecule has 108 valence electrons. The average molecular weight is 295 g/mol. The number of likely N-dealkylation sites (tertiary alicyclic amines) is 1. The SMILES string of the molecule is CNCC1CCCN1C(=O)c1coc2ccccc12.Cl. The van der Waals surface area contributed by atoms with Crippen LogP contribution in [-0.4, -0.2) is 37.0 Å². The van der Waals surface area contributed by atoms with E-state index in [1.165, 1.54) is 0 Å². The minimum Gasteiger partial charge on any atom is -0.463 e. The molecule has 1 fully saturated rings. The Morgan fingerprint density at radius 2 is 2.25 bits per heavy atom. The van der Waals surface area contributed by atoms with Crippen molar-refractivity contribution >= 4 is 29.3 Å². The highest BCUT2D eigenvalue weighted by atomic mass is 35.5. The third-order valence-corrected chi connectivity index (χ3v) is 3.79. The van der Waals surface area contributed by atoms with Gasteiger partial charge < -0.3 is 14.6 Å². The van der Waals surface area contributed by atoms with Gasteiger partial charge in [0.1, 0.15) is 11.8 Å². The van der Waals surface area contributed by atoms with E-state index in [1.807, 2.05) is 36.2 Å². The van der Waals surface area contributed by atoms with E-state index >= 15 is 0 Å². The lowest BCUT2D eigenvalue weighted by molar-refractivity contribution is 0.0738. The lowest BCUT2D eigenvalue weighted by Gasteiger charge is -2.24. The Bertz CT molecular complexity index is 596. The first-order valence-electron chi connectivity index (χ1n) is 6.73. The second-order valence-corrected chi connectivity index (χ2v) is 5.00. The summed E-state index contributed by atoms with van der Waals surface area (Å²) in [6, 6.07) is 7.98. The number of benzene rings is 1. The number of para-hydroxylation sites is 1. The molecule has 1 aromatic carbocycles. The highest BCUT2D eigenvalue weighted by Gasteiger charge is 2.30. The van der Waals surface area contributed by atoms with Gasteiger partial charge >= 0.3 is 0 Å². The predicted molar refractivity (Wildman–Crippen MR) is 81.4 cm³/mol. The zero-order valence-electron chi connectivity index (χ0n) is 11.5. The van der Waals surface area contributed by atoms with Gasteiger partial charge in [0.2, 0.25) is 0 Å². The monoisotopic (exact) mass is 294 g/mol. The number of rotatable bonds is 3. The van der Waals surface area contributed by atoms with E-state index in [-0.39, 0.29) is 18.3 Å². The van der Waals surface area contributed by atoms with E-state index in [0.717, 1.165) is 36.9 Å². The molecule has 2 aromatic rings. The van der Waals surface area contributed by atoms with Gasteiger partial charge in [0.25, 0.3) is 5.91 Å². The molecule has 1 aliphatic rings. The van der Waals surface area contributed by atoms with Crippen LogP contribution in [0.2, 0.25) is 0 Å². The number of likely N-dealkylation sites (N-methyl/N-ethyl adjacent to an activating group) is 1. The van der Waals surface area contributed by atoms with Gasteiger partial charge in [-0.2, -0.15) is 0 Å². The first kappa shape index (κ1) is 14.9. The van der Waals surface area contributed by atoms with Crippen molar-refractivity contribution in [3.05, 3.63) is 36.1 Å². The molecule has 1 N–H and O–H groups in total. The molecule has 1 atom stereocenters. The smallest absolute Gasteiger partial charge is 0.258 e. The van der Waals surface area contributed by atoms with Crippen LogP contribution in [-0.2, 0) is 0 Å². The molecule has 1 amide bonds. The van der Waals surface area contributed by atoms with Gasteiger partial charge in [0.15, 0.2) is 0 Å². The van der Waals surface area contributed by atoms with Gasteiger partial charge in [-0.25, -0.2) is 0 Å². The molecule has 4 nitrogen and oxygen atoms in total. The molecule has 1 unspecified atom stereocenters. The molecule has 1 aliphatic heterocycles. The Labute approximate surface area is 124 Å². The van der Waals surface area contributed by atoms with E-state index < -0.39 is 0 Å². The van der Waals surface area contributed by atoms with E-state index in [1.54, 1.807) is 6.26 Å². The Balaban J connectivity index is 0.00000147.